The van der Waals surface area contributed by atoms with Gasteiger partial charge in [0, 0.05) is 24.8 Å². The van der Waals surface area contributed by atoms with E-state index in [1.54, 1.807) is 0 Å². The van der Waals surface area contributed by atoms with Crippen molar-refractivity contribution < 1.29 is 4.74 Å². The average Bonchev–Trinajstić information content (AvgIpc) is 2.20. The molecule has 1 atom stereocenters. The van der Waals surface area contributed by atoms with Gasteiger partial charge < -0.3 is 15.4 Å². The Balaban J connectivity index is 2.59. The van der Waals surface area contributed by atoms with Crippen LogP contribution in [0.15, 0.2) is 0 Å². The molecule has 3 heteroatoms. The van der Waals surface area contributed by atoms with E-state index < -0.39 is 0 Å². The Labute approximate surface area is 87.6 Å². The normalized spacial score (nSPS) is 22.3. The first-order chi connectivity index (χ1) is 6.61. The first-order valence-electron chi connectivity index (χ1n) is 5.55. The van der Waals surface area contributed by atoms with Crippen molar-refractivity contribution in [1.29, 1.82) is 0 Å². The predicted octanol–water partition coefficient (Wildman–Crippen LogP) is 0.999. The van der Waals surface area contributed by atoms with Gasteiger partial charge in [-0.25, -0.2) is 0 Å². The van der Waals surface area contributed by atoms with Crippen molar-refractivity contribution in [1.82, 2.24) is 10.6 Å². The summed E-state index contributed by atoms with van der Waals surface area (Å²) in [5, 5.41) is 6.83. The highest BCUT2D eigenvalue weighted by atomic mass is 16.5. The van der Waals surface area contributed by atoms with Gasteiger partial charge in [0.05, 0.1) is 0 Å². The van der Waals surface area contributed by atoms with E-state index in [0.29, 0.717) is 6.04 Å². The number of likely N-dealkylation sites (N-methyl/N-ethyl adjacent to an activating group) is 2. The van der Waals surface area contributed by atoms with Gasteiger partial charge in [-0.15, -0.1) is 0 Å². The van der Waals surface area contributed by atoms with Gasteiger partial charge in [0.15, 0.2) is 0 Å². The molecule has 14 heavy (non-hydrogen) atoms. The fourth-order valence-corrected chi connectivity index (χ4v) is 2.39. The Bertz CT molecular complexity index is 165. The molecule has 1 aliphatic heterocycles. The minimum Gasteiger partial charge on any atom is -0.381 e. The number of rotatable bonds is 4. The van der Waals surface area contributed by atoms with E-state index in [9.17, 15) is 0 Å². The van der Waals surface area contributed by atoms with Crippen LogP contribution in [-0.4, -0.2) is 38.9 Å². The molecule has 1 aliphatic rings. The molecule has 0 saturated carbocycles. The van der Waals surface area contributed by atoms with E-state index in [1.807, 2.05) is 7.05 Å². The lowest BCUT2D eigenvalue weighted by Gasteiger charge is -2.41. The maximum absolute atomic E-state index is 5.39. The van der Waals surface area contributed by atoms with E-state index >= 15 is 0 Å². The molecule has 0 spiro atoms. The van der Waals surface area contributed by atoms with Crippen LogP contribution >= 0.6 is 0 Å². The summed E-state index contributed by atoms with van der Waals surface area (Å²) in [6.07, 6.45) is 2.35. The van der Waals surface area contributed by atoms with Crippen LogP contribution in [0.25, 0.3) is 0 Å². The highest BCUT2D eigenvalue weighted by molar-refractivity contribution is 4.94. The van der Waals surface area contributed by atoms with Crippen molar-refractivity contribution >= 4 is 0 Å². The zero-order valence-electron chi connectivity index (χ0n) is 9.89. The zero-order chi connectivity index (χ0) is 10.6. The molecule has 0 aromatic heterocycles. The van der Waals surface area contributed by atoms with Crippen LogP contribution in [0.1, 0.15) is 26.7 Å². The second-order valence-electron chi connectivity index (χ2n) is 4.69. The topological polar surface area (TPSA) is 33.3 Å². The predicted molar refractivity (Wildman–Crippen MR) is 59.5 cm³/mol. The van der Waals surface area contributed by atoms with Gasteiger partial charge >= 0.3 is 0 Å². The molecule has 0 bridgehead atoms. The smallest absolute Gasteiger partial charge is 0.0469 e. The SMILES string of the molecule is CNC(C1CCOCC1)C(C)(C)NC. The standard InChI is InChI=1S/C11H24N2O/c1-11(2,13-4)10(12-3)9-5-7-14-8-6-9/h9-10,12-13H,5-8H2,1-4H3. The lowest BCUT2D eigenvalue weighted by atomic mass is 9.80. The first kappa shape index (κ1) is 12.0. The van der Waals surface area contributed by atoms with Gasteiger partial charge in [0.1, 0.15) is 0 Å². The number of hydrogen-bond acceptors (Lipinski definition) is 3. The Hall–Kier alpha value is -0.120. The van der Waals surface area contributed by atoms with Crippen molar-refractivity contribution in [2.24, 2.45) is 5.92 Å². The van der Waals surface area contributed by atoms with Crippen LogP contribution < -0.4 is 10.6 Å². The van der Waals surface area contributed by atoms with Crippen LogP contribution in [0, 0.1) is 5.92 Å². The molecular formula is C11H24N2O. The van der Waals surface area contributed by atoms with Gasteiger partial charge in [-0.1, -0.05) is 0 Å². The third kappa shape index (κ3) is 2.69. The van der Waals surface area contributed by atoms with Crippen molar-refractivity contribution in [3.05, 3.63) is 0 Å². The lowest BCUT2D eigenvalue weighted by molar-refractivity contribution is 0.0419. The fraction of sp³-hybridized carbons (Fsp3) is 1.00. The summed E-state index contributed by atoms with van der Waals surface area (Å²) in [4.78, 5) is 0. The second kappa shape index (κ2) is 5.10. The Morgan fingerprint density at radius 2 is 1.79 bits per heavy atom. The highest BCUT2D eigenvalue weighted by Gasteiger charge is 2.33. The molecule has 84 valence electrons. The van der Waals surface area contributed by atoms with Gasteiger partial charge in [0.2, 0.25) is 0 Å². The Morgan fingerprint density at radius 3 is 2.21 bits per heavy atom. The summed E-state index contributed by atoms with van der Waals surface area (Å²) in [6.45, 7) is 6.35. The molecule has 3 nitrogen and oxygen atoms in total. The van der Waals surface area contributed by atoms with Gasteiger partial charge in [-0.2, -0.15) is 0 Å². The fourth-order valence-electron chi connectivity index (χ4n) is 2.39. The molecule has 0 amide bonds. The summed E-state index contributed by atoms with van der Waals surface area (Å²) in [5.74, 6) is 0.733. The van der Waals surface area contributed by atoms with Crippen molar-refractivity contribution in [2.45, 2.75) is 38.3 Å². The molecule has 1 fully saturated rings. The molecule has 1 rings (SSSR count). The van der Waals surface area contributed by atoms with E-state index in [1.165, 1.54) is 12.8 Å². The lowest BCUT2D eigenvalue weighted by Crippen LogP contribution is -2.57. The maximum Gasteiger partial charge on any atom is 0.0469 e. The van der Waals surface area contributed by atoms with E-state index in [2.05, 4.69) is 31.5 Å². The summed E-state index contributed by atoms with van der Waals surface area (Å²) < 4.78 is 5.39. The molecule has 0 aromatic carbocycles. The third-order valence-electron chi connectivity index (χ3n) is 3.47. The van der Waals surface area contributed by atoms with E-state index in [4.69, 9.17) is 4.74 Å². The molecule has 0 aliphatic carbocycles. The van der Waals surface area contributed by atoms with Gasteiger partial charge in [0.25, 0.3) is 0 Å². The molecular weight excluding hydrogens is 176 g/mol. The highest BCUT2D eigenvalue weighted by Crippen LogP contribution is 2.25. The minimum atomic E-state index is 0.150. The van der Waals surface area contributed by atoms with Crippen molar-refractivity contribution in [3.8, 4) is 0 Å². The average molecular weight is 200 g/mol. The quantitative estimate of drug-likeness (QED) is 0.710. The molecule has 0 radical (unpaired) electrons. The summed E-state index contributed by atoms with van der Waals surface area (Å²) >= 11 is 0. The van der Waals surface area contributed by atoms with Crippen LogP contribution in [-0.2, 0) is 4.74 Å². The second-order valence-corrected chi connectivity index (χ2v) is 4.69. The van der Waals surface area contributed by atoms with Crippen LogP contribution in [0.2, 0.25) is 0 Å². The summed E-state index contributed by atoms with van der Waals surface area (Å²) in [5.41, 5.74) is 0.150. The number of nitrogens with one attached hydrogen (secondary N) is 2. The maximum atomic E-state index is 5.39. The largest absolute Gasteiger partial charge is 0.381 e. The summed E-state index contributed by atoms with van der Waals surface area (Å²) in [6, 6.07) is 0.524. The molecule has 1 unspecified atom stereocenters. The van der Waals surface area contributed by atoms with Crippen molar-refractivity contribution in [3.63, 3.8) is 0 Å². The Morgan fingerprint density at radius 1 is 1.21 bits per heavy atom. The molecule has 2 N–H and O–H groups in total. The number of ether oxygens (including phenoxy) is 1. The van der Waals surface area contributed by atoms with Crippen LogP contribution in [0.4, 0.5) is 0 Å². The Kier molecular flexibility index (Phi) is 4.35. The van der Waals surface area contributed by atoms with E-state index in [0.717, 1.165) is 19.1 Å². The molecule has 1 saturated heterocycles. The van der Waals surface area contributed by atoms with Crippen LogP contribution in [0.3, 0.4) is 0 Å². The molecule has 1 heterocycles. The van der Waals surface area contributed by atoms with Gasteiger partial charge in [-0.3, -0.25) is 0 Å². The number of hydrogen-bond donors (Lipinski definition) is 2. The third-order valence-corrected chi connectivity index (χ3v) is 3.47. The van der Waals surface area contributed by atoms with Crippen molar-refractivity contribution in [2.75, 3.05) is 27.3 Å². The zero-order valence-corrected chi connectivity index (χ0v) is 9.89. The summed E-state index contributed by atoms with van der Waals surface area (Å²) in [7, 11) is 4.09. The van der Waals surface area contributed by atoms with Crippen LogP contribution in [0.5, 0.6) is 0 Å². The minimum absolute atomic E-state index is 0.150. The monoisotopic (exact) mass is 200 g/mol. The molecule has 0 aromatic rings. The first-order valence-corrected chi connectivity index (χ1v) is 5.55. The van der Waals surface area contributed by atoms with E-state index in [-0.39, 0.29) is 5.54 Å². The van der Waals surface area contributed by atoms with Gasteiger partial charge in [-0.05, 0) is 46.7 Å².